The second-order valence-electron chi connectivity index (χ2n) is 13.3. The Bertz CT molecular complexity index is 673. The molecule has 10 atom stereocenters. The van der Waals surface area contributed by atoms with Crippen molar-refractivity contribution >= 4 is 5.97 Å². The standard InChI is InChI=1S/C29H50O3/c1-18(2)8-7-9-19(3)23-10-11-24-27-25(13-15-29(23,24)6)28(5)14-12-22(32-20(4)30)16-21(28)17-26(27)31/h18-19,21-27,31H,7-17H2,1-6H3/t19-,21-,22-,23-,24-,25-,26-,27+,28+,29+/m1/s1. The molecule has 4 saturated carbocycles. The molecule has 0 aromatic rings. The van der Waals surface area contributed by atoms with E-state index in [0.717, 1.165) is 43.4 Å². The molecule has 4 rings (SSSR count). The van der Waals surface area contributed by atoms with Gasteiger partial charge in [0.25, 0.3) is 0 Å². The summed E-state index contributed by atoms with van der Waals surface area (Å²) in [5.41, 5.74) is 0.723. The second kappa shape index (κ2) is 9.23. The summed E-state index contributed by atoms with van der Waals surface area (Å²) in [6.45, 7) is 13.9. The van der Waals surface area contributed by atoms with Crippen LogP contribution in [0, 0.1) is 52.3 Å². The van der Waals surface area contributed by atoms with Gasteiger partial charge in [0.15, 0.2) is 0 Å². The fourth-order valence-electron chi connectivity index (χ4n) is 9.55. The SMILES string of the molecule is CC(=O)O[C@@H]1CC[C@@]2(C)[C@H](C1)C[C@@H](O)[C@H]1[C@H]3CC[C@H]([C@H](C)CCCC(C)C)[C@]3(C)CC[C@H]12. The van der Waals surface area contributed by atoms with Crippen molar-refractivity contribution in [2.24, 2.45) is 52.3 Å². The molecule has 3 heteroatoms. The largest absolute Gasteiger partial charge is 0.463 e. The fraction of sp³-hybridized carbons (Fsp3) is 0.966. The molecule has 4 fully saturated rings. The summed E-state index contributed by atoms with van der Waals surface area (Å²) in [5.74, 6) is 4.61. The van der Waals surface area contributed by atoms with Crippen molar-refractivity contribution in [1.29, 1.82) is 0 Å². The third kappa shape index (κ3) is 4.29. The first kappa shape index (κ1) is 24.6. The van der Waals surface area contributed by atoms with Crippen molar-refractivity contribution < 1.29 is 14.6 Å². The van der Waals surface area contributed by atoms with E-state index < -0.39 is 0 Å². The highest BCUT2D eigenvalue weighted by Gasteiger charge is 2.63. The molecule has 4 aliphatic rings. The number of hydrogen-bond acceptors (Lipinski definition) is 3. The first-order valence-electron chi connectivity index (χ1n) is 13.9. The highest BCUT2D eigenvalue weighted by Crippen LogP contribution is 2.68. The molecule has 0 amide bonds. The summed E-state index contributed by atoms with van der Waals surface area (Å²) in [4.78, 5) is 11.5. The lowest BCUT2D eigenvalue weighted by Crippen LogP contribution is -2.58. The number of fused-ring (bicyclic) bond motifs is 5. The summed E-state index contributed by atoms with van der Waals surface area (Å²) >= 11 is 0. The molecule has 0 spiro atoms. The third-order valence-corrected chi connectivity index (χ3v) is 11.2. The normalized spacial score (nSPS) is 46.8. The zero-order valence-electron chi connectivity index (χ0n) is 21.7. The number of aliphatic hydroxyl groups excluding tert-OH is 1. The Labute approximate surface area is 197 Å². The number of rotatable bonds is 6. The molecular formula is C29H50O3. The Morgan fingerprint density at radius 2 is 1.66 bits per heavy atom. The van der Waals surface area contributed by atoms with Crippen molar-refractivity contribution in [3.05, 3.63) is 0 Å². The van der Waals surface area contributed by atoms with Crippen LogP contribution in [0.4, 0.5) is 0 Å². The van der Waals surface area contributed by atoms with E-state index in [2.05, 4.69) is 34.6 Å². The van der Waals surface area contributed by atoms with E-state index in [1.807, 2.05) is 0 Å². The average molecular weight is 447 g/mol. The number of aliphatic hydroxyl groups is 1. The van der Waals surface area contributed by atoms with Crippen LogP contribution in [0.25, 0.3) is 0 Å². The van der Waals surface area contributed by atoms with Gasteiger partial charge in [0.2, 0.25) is 0 Å². The Morgan fingerprint density at radius 3 is 2.34 bits per heavy atom. The minimum atomic E-state index is -0.172. The van der Waals surface area contributed by atoms with Crippen molar-refractivity contribution in [3.8, 4) is 0 Å². The Kier molecular flexibility index (Phi) is 7.08. The van der Waals surface area contributed by atoms with Crippen LogP contribution in [-0.4, -0.2) is 23.3 Å². The average Bonchev–Trinajstić information content (AvgIpc) is 3.05. The summed E-state index contributed by atoms with van der Waals surface area (Å²) in [7, 11) is 0. The molecule has 0 heterocycles. The zero-order valence-corrected chi connectivity index (χ0v) is 21.7. The van der Waals surface area contributed by atoms with E-state index in [0.29, 0.717) is 34.5 Å². The summed E-state index contributed by atoms with van der Waals surface area (Å²) in [6, 6.07) is 0. The summed E-state index contributed by atoms with van der Waals surface area (Å²) < 4.78 is 5.61. The Morgan fingerprint density at radius 1 is 0.969 bits per heavy atom. The number of carbonyl (C=O) groups is 1. The first-order valence-corrected chi connectivity index (χ1v) is 13.9. The van der Waals surface area contributed by atoms with E-state index in [-0.39, 0.29) is 18.2 Å². The number of carbonyl (C=O) groups excluding carboxylic acids is 1. The Balaban J connectivity index is 1.48. The van der Waals surface area contributed by atoms with Crippen LogP contribution in [0.15, 0.2) is 0 Å². The Hall–Kier alpha value is -0.570. The molecule has 0 radical (unpaired) electrons. The third-order valence-electron chi connectivity index (χ3n) is 11.2. The molecule has 0 unspecified atom stereocenters. The van der Waals surface area contributed by atoms with Crippen molar-refractivity contribution in [2.45, 2.75) is 124 Å². The molecule has 0 saturated heterocycles. The number of hydrogen-bond donors (Lipinski definition) is 1. The predicted molar refractivity (Wildman–Crippen MR) is 130 cm³/mol. The lowest BCUT2D eigenvalue weighted by Gasteiger charge is -2.62. The monoisotopic (exact) mass is 446 g/mol. The maximum Gasteiger partial charge on any atom is 0.302 e. The van der Waals surface area contributed by atoms with Gasteiger partial charge in [-0.3, -0.25) is 4.79 Å². The molecule has 32 heavy (non-hydrogen) atoms. The first-order chi connectivity index (χ1) is 15.1. The number of ether oxygens (including phenoxy) is 1. The van der Waals surface area contributed by atoms with Crippen LogP contribution >= 0.6 is 0 Å². The van der Waals surface area contributed by atoms with Crippen LogP contribution in [0.3, 0.4) is 0 Å². The maximum absolute atomic E-state index is 11.5. The van der Waals surface area contributed by atoms with Gasteiger partial charge in [0.05, 0.1) is 6.10 Å². The van der Waals surface area contributed by atoms with Gasteiger partial charge in [-0.2, -0.15) is 0 Å². The van der Waals surface area contributed by atoms with Crippen molar-refractivity contribution in [2.75, 3.05) is 0 Å². The molecule has 0 aromatic heterocycles. The van der Waals surface area contributed by atoms with Gasteiger partial charge in [-0.15, -0.1) is 0 Å². The number of esters is 1. The molecule has 0 bridgehead atoms. The molecule has 1 N–H and O–H groups in total. The second-order valence-corrected chi connectivity index (χ2v) is 13.3. The molecule has 0 aromatic carbocycles. The van der Waals surface area contributed by atoms with Crippen molar-refractivity contribution in [3.63, 3.8) is 0 Å². The van der Waals surface area contributed by atoms with Gasteiger partial charge < -0.3 is 9.84 Å². The minimum absolute atomic E-state index is 0.0609. The van der Waals surface area contributed by atoms with Crippen LogP contribution in [0.5, 0.6) is 0 Å². The molecule has 4 aliphatic carbocycles. The van der Waals surface area contributed by atoms with Crippen molar-refractivity contribution in [1.82, 2.24) is 0 Å². The van der Waals surface area contributed by atoms with Crippen LogP contribution in [0.1, 0.15) is 112 Å². The fourth-order valence-corrected chi connectivity index (χ4v) is 9.55. The van der Waals surface area contributed by atoms with Gasteiger partial charge in [0, 0.05) is 6.92 Å². The quantitative estimate of drug-likeness (QED) is 0.446. The lowest BCUT2D eigenvalue weighted by atomic mass is 9.43. The topological polar surface area (TPSA) is 46.5 Å². The molecule has 3 nitrogen and oxygen atoms in total. The zero-order chi connectivity index (χ0) is 23.3. The van der Waals surface area contributed by atoms with Gasteiger partial charge in [-0.1, -0.05) is 53.9 Å². The van der Waals surface area contributed by atoms with Crippen LogP contribution < -0.4 is 0 Å². The molecule has 184 valence electrons. The predicted octanol–water partition coefficient (Wildman–Crippen LogP) is 7.01. The smallest absolute Gasteiger partial charge is 0.302 e. The highest BCUT2D eigenvalue weighted by molar-refractivity contribution is 5.66. The van der Waals surface area contributed by atoms with E-state index >= 15 is 0 Å². The van der Waals surface area contributed by atoms with Gasteiger partial charge in [-0.25, -0.2) is 0 Å². The van der Waals surface area contributed by atoms with Gasteiger partial charge in [0.1, 0.15) is 6.10 Å². The van der Waals surface area contributed by atoms with Gasteiger partial charge in [-0.05, 0) is 104 Å². The minimum Gasteiger partial charge on any atom is -0.463 e. The van der Waals surface area contributed by atoms with E-state index in [9.17, 15) is 9.90 Å². The van der Waals surface area contributed by atoms with E-state index in [4.69, 9.17) is 4.74 Å². The summed E-state index contributed by atoms with van der Waals surface area (Å²) in [5, 5.41) is 11.5. The van der Waals surface area contributed by atoms with E-state index in [1.54, 1.807) is 0 Å². The van der Waals surface area contributed by atoms with Gasteiger partial charge >= 0.3 is 5.97 Å². The van der Waals surface area contributed by atoms with Crippen LogP contribution in [0.2, 0.25) is 0 Å². The van der Waals surface area contributed by atoms with E-state index in [1.165, 1.54) is 51.9 Å². The molecule has 0 aliphatic heterocycles. The summed E-state index contributed by atoms with van der Waals surface area (Å²) in [6.07, 6.45) is 13.3. The van der Waals surface area contributed by atoms with Crippen LogP contribution in [-0.2, 0) is 9.53 Å². The lowest BCUT2D eigenvalue weighted by molar-refractivity contribution is -0.182. The maximum atomic E-state index is 11.5. The molecular weight excluding hydrogens is 396 g/mol. The highest BCUT2D eigenvalue weighted by atomic mass is 16.5.